The zero-order valence-electron chi connectivity index (χ0n) is 25.4. The predicted octanol–water partition coefficient (Wildman–Crippen LogP) is 10.4. The van der Waals surface area contributed by atoms with Gasteiger partial charge in [0.2, 0.25) is 0 Å². The van der Waals surface area contributed by atoms with Crippen LogP contribution in [0.1, 0.15) is 0 Å². The summed E-state index contributed by atoms with van der Waals surface area (Å²) in [5, 5.41) is 5.50. The summed E-state index contributed by atoms with van der Waals surface area (Å²) in [6, 6.07) is 57.5. The Hall–Kier alpha value is -5.77. The van der Waals surface area contributed by atoms with Crippen LogP contribution in [0, 0.1) is 12.1 Å². The van der Waals surface area contributed by atoms with Crippen LogP contribution in [-0.4, -0.2) is 18.5 Å². The molecule has 0 radical (unpaired) electrons. The fourth-order valence-corrected chi connectivity index (χ4v) is 6.97. The van der Waals surface area contributed by atoms with Gasteiger partial charge in [0.1, 0.15) is 5.65 Å². The molecule has 1 aliphatic heterocycles. The second-order valence-electron chi connectivity index (χ2n) is 11.7. The van der Waals surface area contributed by atoms with Crippen molar-refractivity contribution in [3.8, 4) is 11.4 Å². The Morgan fingerprint density at radius 2 is 1.15 bits per heavy atom. The third kappa shape index (κ3) is 4.35. The van der Waals surface area contributed by atoms with Crippen LogP contribution in [0.3, 0.4) is 0 Å². The van der Waals surface area contributed by atoms with E-state index < -0.39 is 0 Å². The Labute approximate surface area is 289 Å². The number of rotatable bonds is 0. The summed E-state index contributed by atoms with van der Waals surface area (Å²) in [4.78, 5) is 5.32. The molecular formula is C42H25N4OPt-3. The van der Waals surface area contributed by atoms with E-state index in [0.29, 0.717) is 11.2 Å². The minimum absolute atomic E-state index is 0. The monoisotopic (exact) mass is 796 g/mol. The molecule has 8 bridgehead atoms. The molecule has 0 amide bonds. The molecule has 0 spiro atoms. The number of hydrogen-bond donors (Lipinski definition) is 0. The van der Waals surface area contributed by atoms with Gasteiger partial charge in [0, 0.05) is 49.5 Å². The molecule has 0 saturated heterocycles. The smallest absolute Gasteiger partial charge is 0.136 e. The van der Waals surface area contributed by atoms with Gasteiger partial charge in [0.15, 0.2) is 0 Å². The molecule has 5 nitrogen and oxygen atoms in total. The molecule has 1 aliphatic rings. The van der Waals surface area contributed by atoms with Gasteiger partial charge < -0.3 is 18.0 Å². The Kier molecular flexibility index (Phi) is 6.63. The minimum atomic E-state index is 0. The standard InChI is InChI=1S/C42H25N4O.Pt/c1-2-14-32-31(13-1)33-15-3-5-18-37(33)45-27-44(39-20-7-8-21-40(39)45)28-11-9-12-29(25-28)47-30-23-24-35-34-16-4-6-19-38(34)46(41(35)26-30)42-22-10-17-36(32)43-42;/h1-24,27H;/q-3;. The zero-order valence-corrected chi connectivity index (χ0v) is 27.7. The van der Waals surface area contributed by atoms with Crippen molar-refractivity contribution in [2.45, 2.75) is 0 Å². The molecule has 0 unspecified atom stereocenters. The number of hydrogen-bond acceptors (Lipinski definition) is 2. The van der Waals surface area contributed by atoms with Crippen molar-refractivity contribution in [1.29, 1.82) is 0 Å². The van der Waals surface area contributed by atoms with Gasteiger partial charge in [-0.15, -0.1) is 29.1 Å². The minimum Gasteiger partial charge on any atom is -0.510 e. The van der Waals surface area contributed by atoms with Gasteiger partial charge in [0.25, 0.3) is 0 Å². The van der Waals surface area contributed by atoms with E-state index >= 15 is 0 Å². The summed E-state index contributed by atoms with van der Waals surface area (Å²) >= 11 is 0. The molecule has 0 saturated carbocycles. The first-order valence-corrected chi connectivity index (χ1v) is 15.6. The van der Waals surface area contributed by atoms with Crippen LogP contribution in [0.5, 0.6) is 0 Å². The molecule has 9 aromatic rings. The largest absolute Gasteiger partial charge is 0.510 e. The van der Waals surface area contributed by atoms with Crippen molar-refractivity contribution >= 4 is 71.3 Å². The second-order valence-corrected chi connectivity index (χ2v) is 11.7. The molecule has 0 fully saturated rings. The van der Waals surface area contributed by atoms with Gasteiger partial charge in [-0.25, -0.2) is 4.98 Å². The maximum absolute atomic E-state index is 6.47. The van der Waals surface area contributed by atoms with E-state index in [-0.39, 0.29) is 21.1 Å². The van der Waals surface area contributed by atoms with Gasteiger partial charge in [0.05, 0.1) is 5.52 Å². The van der Waals surface area contributed by atoms with Crippen molar-refractivity contribution in [2.75, 3.05) is 0 Å². The van der Waals surface area contributed by atoms with E-state index in [2.05, 4.69) is 159 Å². The second kappa shape index (κ2) is 11.2. The third-order valence-electron chi connectivity index (χ3n) is 9.04. The van der Waals surface area contributed by atoms with Crippen LogP contribution < -0.4 is 0 Å². The maximum Gasteiger partial charge on any atom is 0.136 e. The Balaban J connectivity index is 0.00000314. The first-order valence-electron chi connectivity index (χ1n) is 15.6. The average molecular weight is 797 g/mol. The number of benzene rings is 6. The van der Waals surface area contributed by atoms with Gasteiger partial charge in [-0.2, -0.15) is 24.3 Å². The van der Waals surface area contributed by atoms with E-state index in [9.17, 15) is 0 Å². The van der Waals surface area contributed by atoms with Crippen molar-refractivity contribution in [1.82, 2.24) is 18.5 Å². The number of fused-ring (bicyclic) bond motifs is 20. The van der Waals surface area contributed by atoms with Crippen LogP contribution in [-0.2, 0) is 21.1 Å². The first kappa shape index (κ1) is 28.5. The number of nitrogens with zero attached hydrogens (tertiary/aromatic N) is 4. The first-order chi connectivity index (χ1) is 23.3. The average Bonchev–Trinajstić information content (AvgIpc) is 3.68. The molecule has 10 rings (SSSR count). The Morgan fingerprint density at radius 3 is 1.98 bits per heavy atom. The quantitative estimate of drug-likeness (QED) is 0.143. The summed E-state index contributed by atoms with van der Waals surface area (Å²) < 4.78 is 13.1. The maximum atomic E-state index is 6.47. The van der Waals surface area contributed by atoms with Crippen LogP contribution in [0.15, 0.2) is 156 Å². The Bertz CT molecular complexity index is 2930. The Morgan fingerprint density at radius 1 is 0.500 bits per heavy atom. The van der Waals surface area contributed by atoms with Crippen molar-refractivity contribution in [3.63, 3.8) is 0 Å². The fraction of sp³-hybridized carbons (Fsp3) is 0. The molecule has 4 heterocycles. The van der Waals surface area contributed by atoms with Crippen LogP contribution in [0.4, 0.5) is 0 Å². The SMILES string of the molecule is [Pt].[c-]1c2cccc1n1[cH-]n(c3ccccc3c3ccccc3c3cccc(n3)n3c4[c-]c(ccc4c4ccccc43)o2)-c2ccccc2-1. The van der Waals surface area contributed by atoms with E-state index in [1.165, 1.54) is 0 Å². The van der Waals surface area contributed by atoms with Gasteiger partial charge >= 0.3 is 0 Å². The molecule has 48 heavy (non-hydrogen) atoms. The molecule has 6 aromatic carbocycles. The van der Waals surface area contributed by atoms with Crippen molar-refractivity contribution in [2.24, 2.45) is 0 Å². The fourth-order valence-electron chi connectivity index (χ4n) is 6.97. The van der Waals surface area contributed by atoms with Crippen molar-refractivity contribution in [3.05, 3.63) is 164 Å². The topological polar surface area (TPSA) is 40.3 Å². The summed E-state index contributed by atoms with van der Waals surface area (Å²) in [5.41, 5.74) is 9.00. The summed E-state index contributed by atoms with van der Waals surface area (Å²) in [5.74, 6) is 0. The van der Waals surface area contributed by atoms with Gasteiger partial charge in [-0.05, 0) is 51.2 Å². The molecule has 0 aliphatic carbocycles. The number of aromatic nitrogens is 4. The van der Waals surface area contributed by atoms with Crippen LogP contribution in [0.25, 0.3) is 82.7 Å². The molecular weight excluding hydrogens is 772 g/mol. The number of pyridine rings is 1. The predicted molar refractivity (Wildman–Crippen MR) is 191 cm³/mol. The number of para-hydroxylation sites is 4. The summed E-state index contributed by atoms with van der Waals surface area (Å²) in [6.45, 7) is 0. The zero-order chi connectivity index (χ0) is 30.9. The van der Waals surface area contributed by atoms with E-state index in [1.54, 1.807) is 0 Å². The molecule has 6 heteroatoms. The van der Waals surface area contributed by atoms with Gasteiger partial charge in [-0.3, -0.25) is 0 Å². The van der Waals surface area contributed by atoms with Gasteiger partial charge in [-0.1, -0.05) is 103 Å². The molecule has 3 aromatic heterocycles. The third-order valence-corrected chi connectivity index (χ3v) is 9.04. The summed E-state index contributed by atoms with van der Waals surface area (Å²) in [7, 11) is 0. The molecule has 0 atom stereocenters. The van der Waals surface area contributed by atoms with E-state index in [0.717, 1.165) is 71.5 Å². The van der Waals surface area contributed by atoms with E-state index in [4.69, 9.17) is 9.40 Å². The van der Waals surface area contributed by atoms with Crippen LogP contribution >= 0.6 is 0 Å². The number of imidazole rings is 1. The molecule has 0 N–H and O–H groups in total. The molecule has 232 valence electrons. The van der Waals surface area contributed by atoms with Crippen molar-refractivity contribution < 1.29 is 25.5 Å². The normalized spacial score (nSPS) is 11.6. The van der Waals surface area contributed by atoms with E-state index in [1.807, 2.05) is 18.2 Å². The van der Waals surface area contributed by atoms with Crippen LogP contribution in [0.2, 0.25) is 0 Å². The summed E-state index contributed by atoms with van der Waals surface area (Å²) in [6.07, 6.45) is 2.14.